The summed E-state index contributed by atoms with van der Waals surface area (Å²) >= 11 is 0. The zero-order chi connectivity index (χ0) is 16.2. The van der Waals surface area contributed by atoms with E-state index in [-0.39, 0.29) is 11.7 Å². The van der Waals surface area contributed by atoms with E-state index in [9.17, 15) is 9.18 Å². The van der Waals surface area contributed by atoms with E-state index in [1.165, 1.54) is 12.1 Å². The molecule has 0 saturated carbocycles. The number of aromatic amines is 1. The topological polar surface area (TPSA) is 75.6 Å². The van der Waals surface area contributed by atoms with Crippen molar-refractivity contribution in [3.05, 3.63) is 59.8 Å². The average molecular weight is 313 g/mol. The van der Waals surface area contributed by atoms with Crippen LogP contribution in [0.25, 0.3) is 11.3 Å². The lowest BCUT2D eigenvalue weighted by molar-refractivity contribution is 0.0945. The van der Waals surface area contributed by atoms with Gasteiger partial charge in [0, 0.05) is 18.3 Å². The Labute approximate surface area is 132 Å². The fraction of sp³-hybridized carbons (Fsp3) is 0.188. The summed E-state index contributed by atoms with van der Waals surface area (Å²) in [5.41, 5.74) is 2.46. The van der Waals surface area contributed by atoms with E-state index in [2.05, 4.69) is 20.6 Å². The Morgan fingerprint density at radius 3 is 2.78 bits per heavy atom. The number of amides is 1. The second kappa shape index (κ2) is 6.43. The third kappa shape index (κ3) is 3.45. The van der Waals surface area contributed by atoms with Gasteiger partial charge in [-0.05, 0) is 43.3 Å². The van der Waals surface area contributed by atoms with Gasteiger partial charge in [-0.3, -0.25) is 14.6 Å². The Bertz CT molecular complexity index is 806. The Morgan fingerprint density at radius 2 is 2.09 bits per heavy atom. The van der Waals surface area contributed by atoms with Gasteiger partial charge in [0.2, 0.25) is 0 Å². The number of benzene rings is 1. The van der Waals surface area contributed by atoms with Crippen molar-refractivity contribution in [2.75, 3.05) is 0 Å². The minimum Gasteiger partial charge on any atom is -0.345 e. The molecule has 0 aliphatic rings. The van der Waals surface area contributed by atoms with Crippen LogP contribution in [0.3, 0.4) is 0 Å². The van der Waals surface area contributed by atoms with Crippen LogP contribution in [0.4, 0.5) is 4.39 Å². The van der Waals surface area contributed by atoms with Crippen molar-refractivity contribution in [3.63, 3.8) is 0 Å². The molecule has 0 aliphatic carbocycles. The van der Waals surface area contributed by atoms with Crippen molar-refractivity contribution in [1.82, 2.24) is 25.3 Å². The van der Waals surface area contributed by atoms with Gasteiger partial charge < -0.3 is 5.32 Å². The van der Waals surface area contributed by atoms with E-state index < -0.39 is 0 Å². The van der Waals surface area contributed by atoms with Gasteiger partial charge in [0.05, 0.1) is 17.9 Å². The zero-order valence-electron chi connectivity index (χ0n) is 12.6. The smallest absolute Gasteiger partial charge is 0.269 e. The van der Waals surface area contributed by atoms with Crippen molar-refractivity contribution < 1.29 is 9.18 Å². The lowest BCUT2D eigenvalue weighted by atomic mass is 10.1. The maximum atomic E-state index is 12.9. The fourth-order valence-electron chi connectivity index (χ4n) is 2.15. The molecule has 0 radical (unpaired) electrons. The van der Waals surface area contributed by atoms with Gasteiger partial charge in [-0.1, -0.05) is 0 Å². The Balaban J connectivity index is 1.65. The van der Waals surface area contributed by atoms with Gasteiger partial charge in [0.15, 0.2) is 0 Å². The molecule has 0 aliphatic heterocycles. The number of hydrogen-bond donors (Lipinski definition) is 2. The first kappa shape index (κ1) is 15.0. The predicted molar refractivity (Wildman–Crippen MR) is 83.1 cm³/mol. The number of carbonyl (C=O) groups is 1. The maximum absolute atomic E-state index is 12.9. The van der Waals surface area contributed by atoms with E-state index in [0.29, 0.717) is 17.9 Å². The van der Waals surface area contributed by atoms with Gasteiger partial charge in [-0.15, -0.1) is 0 Å². The molecular formula is C16H16FN5O. The van der Waals surface area contributed by atoms with Gasteiger partial charge in [0.1, 0.15) is 11.5 Å². The summed E-state index contributed by atoms with van der Waals surface area (Å²) in [5.74, 6) is -0.578. The van der Waals surface area contributed by atoms with Crippen LogP contribution in [0.2, 0.25) is 0 Å². The maximum Gasteiger partial charge on any atom is 0.269 e. The highest BCUT2D eigenvalue weighted by molar-refractivity contribution is 5.93. The summed E-state index contributed by atoms with van der Waals surface area (Å²) in [7, 11) is 0. The van der Waals surface area contributed by atoms with E-state index in [0.717, 1.165) is 17.8 Å². The largest absolute Gasteiger partial charge is 0.345 e. The summed E-state index contributed by atoms with van der Waals surface area (Å²) in [6, 6.07) is 9.44. The van der Waals surface area contributed by atoms with Gasteiger partial charge >= 0.3 is 0 Å². The van der Waals surface area contributed by atoms with E-state index >= 15 is 0 Å². The molecule has 0 bridgehead atoms. The van der Waals surface area contributed by atoms with Crippen LogP contribution in [-0.2, 0) is 13.1 Å². The number of aromatic nitrogens is 4. The second-order valence-electron chi connectivity index (χ2n) is 5.02. The monoisotopic (exact) mass is 313 g/mol. The lowest BCUT2D eigenvalue weighted by Gasteiger charge is -2.00. The van der Waals surface area contributed by atoms with Crippen molar-refractivity contribution >= 4 is 5.91 Å². The zero-order valence-corrected chi connectivity index (χ0v) is 12.6. The summed E-state index contributed by atoms with van der Waals surface area (Å²) in [6.45, 7) is 3.13. The number of H-pyrrole nitrogens is 1. The molecule has 1 aromatic carbocycles. The summed E-state index contributed by atoms with van der Waals surface area (Å²) in [5, 5.41) is 13.8. The molecule has 2 N–H and O–H groups in total. The number of nitrogens with one attached hydrogen (secondary N) is 2. The van der Waals surface area contributed by atoms with Crippen LogP contribution in [0.15, 0.2) is 42.6 Å². The van der Waals surface area contributed by atoms with Crippen LogP contribution in [-0.4, -0.2) is 25.9 Å². The van der Waals surface area contributed by atoms with Crippen LogP contribution in [0, 0.1) is 5.82 Å². The Kier molecular flexibility index (Phi) is 4.18. The fourth-order valence-corrected chi connectivity index (χ4v) is 2.15. The van der Waals surface area contributed by atoms with Crippen LogP contribution in [0.5, 0.6) is 0 Å². The SMILES string of the molecule is CCn1ccc(CNC(=O)c2cc(-c3ccc(F)cc3)n[nH]2)n1. The van der Waals surface area contributed by atoms with Crippen molar-refractivity contribution in [1.29, 1.82) is 0 Å². The molecule has 2 aromatic heterocycles. The third-order valence-electron chi connectivity index (χ3n) is 3.41. The summed E-state index contributed by atoms with van der Waals surface area (Å²) in [4.78, 5) is 12.1. The molecule has 3 aromatic rings. The lowest BCUT2D eigenvalue weighted by Crippen LogP contribution is -2.23. The van der Waals surface area contributed by atoms with Crippen LogP contribution >= 0.6 is 0 Å². The number of hydrogen-bond acceptors (Lipinski definition) is 3. The summed E-state index contributed by atoms with van der Waals surface area (Å²) < 4.78 is 14.7. The number of halogens is 1. The molecule has 0 saturated heterocycles. The first-order valence-electron chi connectivity index (χ1n) is 7.27. The molecule has 0 atom stereocenters. The van der Waals surface area contributed by atoms with Crippen molar-refractivity contribution in [2.24, 2.45) is 0 Å². The predicted octanol–water partition coefficient (Wildman–Crippen LogP) is 2.36. The molecule has 3 rings (SSSR count). The second-order valence-corrected chi connectivity index (χ2v) is 5.02. The minimum atomic E-state index is -0.311. The number of rotatable bonds is 5. The minimum absolute atomic E-state index is 0.267. The molecule has 1 amide bonds. The summed E-state index contributed by atoms with van der Waals surface area (Å²) in [6.07, 6.45) is 1.87. The molecule has 118 valence electrons. The standard InChI is InChI=1S/C16H16FN5O/c1-2-22-8-7-13(21-22)10-18-16(23)15-9-14(19-20-15)11-3-5-12(17)6-4-11/h3-9H,2,10H2,1H3,(H,18,23)(H,19,20). The van der Waals surface area contributed by atoms with Crippen LogP contribution in [0.1, 0.15) is 23.1 Å². The number of carbonyl (C=O) groups excluding carboxylic acids is 1. The Morgan fingerprint density at radius 1 is 1.30 bits per heavy atom. The highest BCUT2D eigenvalue weighted by Crippen LogP contribution is 2.17. The normalized spacial score (nSPS) is 10.7. The molecule has 23 heavy (non-hydrogen) atoms. The number of nitrogens with zero attached hydrogens (tertiary/aromatic N) is 3. The highest BCUT2D eigenvalue weighted by atomic mass is 19.1. The van der Waals surface area contributed by atoms with E-state index in [1.807, 2.05) is 19.2 Å². The Hall–Kier alpha value is -2.96. The molecule has 0 unspecified atom stereocenters. The molecule has 7 heteroatoms. The number of aryl methyl sites for hydroxylation is 1. The van der Waals surface area contributed by atoms with E-state index in [4.69, 9.17) is 0 Å². The molecule has 2 heterocycles. The van der Waals surface area contributed by atoms with Gasteiger partial charge in [0.25, 0.3) is 5.91 Å². The quantitative estimate of drug-likeness (QED) is 0.759. The van der Waals surface area contributed by atoms with Gasteiger partial charge in [-0.25, -0.2) is 4.39 Å². The molecule has 6 nitrogen and oxygen atoms in total. The first-order chi connectivity index (χ1) is 11.2. The van der Waals surface area contributed by atoms with E-state index in [1.54, 1.807) is 22.9 Å². The molecule has 0 fully saturated rings. The highest BCUT2D eigenvalue weighted by Gasteiger charge is 2.11. The van der Waals surface area contributed by atoms with Crippen molar-refractivity contribution in [3.8, 4) is 11.3 Å². The first-order valence-corrected chi connectivity index (χ1v) is 7.27. The third-order valence-corrected chi connectivity index (χ3v) is 3.41. The van der Waals surface area contributed by atoms with Gasteiger partial charge in [-0.2, -0.15) is 10.2 Å². The molecule has 0 spiro atoms. The molecular weight excluding hydrogens is 297 g/mol. The van der Waals surface area contributed by atoms with Crippen LogP contribution < -0.4 is 5.32 Å². The average Bonchev–Trinajstić information content (AvgIpc) is 3.22. The van der Waals surface area contributed by atoms with Crippen molar-refractivity contribution in [2.45, 2.75) is 20.0 Å².